The van der Waals surface area contributed by atoms with E-state index in [-0.39, 0.29) is 23.8 Å². The van der Waals surface area contributed by atoms with Gasteiger partial charge in [0.25, 0.3) is 0 Å². The zero-order valence-electron chi connectivity index (χ0n) is 14.6. The van der Waals surface area contributed by atoms with Crippen LogP contribution < -0.4 is 15.8 Å². The Morgan fingerprint density at radius 2 is 2.04 bits per heavy atom. The zero-order chi connectivity index (χ0) is 17.7. The maximum Gasteiger partial charge on any atom is 0.226 e. The molecule has 6 heteroatoms. The lowest BCUT2D eigenvalue weighted by Crippen LogP contribution is -2.37. The number of carbonyl (C=O) groups is 1. The van der Waals surface area contributed by atoms with Crippen molar-refractivity contribution in [2.75, 3.05) is 13.7 Å². The highest BCUT2D eigenvalue weighted by atomic mass is 32.1. The van der Waals surface area contributed by atoms with Crippen LogP contribution in [-0.2, 0) is 16.6 Å². The fourth-order valence-electron chi connectivity index (χ4n) is 2.30. The highest BCUT2D eigenvalue weighted by molar-refractivity contribution is 7.09. The summed E-state index contributed by atoms with van der Waals surface area (Å²) in [6, 6.07) is 7.83. The Kier molecular flexibility index (Phi) is 5.96. The lowest BCUT2D eigenvalue weighted by atomic mass is 9.84. The molecule has 2 rings (SSSR count). The molecule has 0 spiro atoms. The van der Waals surface area contributed by atoms with Crippen molar-refractivity contribution in [2.24, 2.45) is 5.73 Å². The molecule has 0 saturated heterocycles. The number of benzene rings is 1. The van der Waals surface area contributed by atoms with E-state index in [0.717, 1.165) is 22.0 Å². The minimum absolute atomic E-state index is 0.0295. The Hall–Kier alpha value is -1.92. The van der Waals surface area contributed by atoms with Crippen molar-refractivity contribution in [3.8, 4) is 5.75 Å². The monoisotopic (exact) mass is 347 g/mol. The second kappa shape index (κ2) is 7.77. The van der Waals surface area contributed by atoms with Gasteiger partial charge in [-0.25, -0.2) is 4.98 Å². The van der Waals surface area contributed by atoms with Gasteiger partial charge in [-0.2, -0.15) is 0 Å². The fraction of sp³-hybridized carbons (Fsp3) is 0.444. The van der Waals surface area contributed by atoms with Gasteiger partial charge in [-0.15, -0.1) is 11.3 Å². The molecule has 1 amide bonds. The minimum Gasteiger partial charge on any atom is -0.497 e. The third kappa shape index (κ3) is 4.79. The first-order chi connectivity index (χ1) is 11.3. The number of ether oxygens (including phenoxy) is 1. The number of rotatable bonds is 7. The van der Waals surface area contributed by atoms with Gasteiger partial charge in [-0.3, -0.25) is 4.79 Å². The van der Waals surface area contributed by atoms with Crippen LogP contribution in [0.15, 0.2) is 29.6 Å². The molecule has 0 aliphatic rings. The largest absolute Gasteiger partial charge is 0.497 e. The number of amides is 1. The molecule has 130 valence electrons. The van der Waals surface area contributed by atoms with Crippen LogP contribution in [0.4, 0.5) is 0 Å². The summed E-state index contributed by atoms with van der Waals surface area (Å²) in [6.07, 6.45) is 0.280. The van der Waals surface area contributed by atoms with E-state index in [1.807, 2.05) is 36.6 Å². The summed E-state index contributed by atoms with van der Waals surface area (Å²) < 4.78 is 5.18. The molecule has 1 atom stereocenters. The van der Waals surface area contributed by atoms with Gasteiger partial charge in [0.2, 0.25) is 5.91 Å². The zero-order valence-corrected chi connectivity index (χ0v) is 15.4. The van der Waals surface area contributed by atoms with Crippen LogP contribution in [0.25, 0.3) is 0 Å². The van der Waals surface area contributed by atoms with Crippen LogP contribution in [0.2, 0.25) is 0 Å². The Bertz CT molecular complexity index is 678. The summed E-state index contributed by atoms with van der Waals surface area (Å²) >= 11 is 1.50. The first-order valence-corrected chi connectivity index (χ1v) is 8.81. The van der Waals surface area contributed by atoms with Crippen molar-refractivity contribution in [3.63, 3.8) is 0 Å². The van der Waals surface area contributed by atoms with Crippen LogP contribution in [0.5, 0.6) is 5.75 Å². The predicted molar refractivity (Wildman–Crippen MR) is 97.5 cm³/mol. The van der Waals surface area contributed by atoms with E-state index >= 15 is 0 Å². The van der Waals surface area contributed by atoms with Crippen LogP contribution in [0, 0.1) is 0 Å². The van der Waals surface area contributed by atoms with E-state index in [4.69, 9.17) is 10.5 Å². The molecule has 0 fully saturated rings. The van der Waals surface area contributed by atoms with Gasteiger partial charge < -0.3 is 15.8 Å². The molecule has 0 saturated carbocycles. The molecule has 1 aromatic heterocycles. The van der Waals surface area contributed by atoms with Crippen LogP contribution >= 0.6 is 11.3 Å². The number of methoxy groups -OCH3 is 1. The molecule has 2 aromatic rings. The Morgan fingerprint density at radius 3 is 2.58 bits per heavy atom. The summed E-state index contributed by atoms with van der Waals surface area (Å²) in [7, 11) is 1.65. The second-order valence-corrected chi connectivity index (χ2v) is 7.42. The normalized spacial score (nSPS) is 12.7. The SMILES string of the molecule is COc1ccc(C(C)(C)CNC(=O)Cc2csc(C(C)N)n2)cc1. The van der Waals surface area contributed by atoms with Gasteiger partial charge in [0, 0.05) is 17.3 Å². The lowest BCUT2D eigenvalue weighted by molar-refractivity contribution is -0.120. The predicted octanol–water partition coefficient (Wildman–Crippen LogP) is 2.81. The van der Waals surface area contributed by atoms with Crippen molar-refractivity contribution in [3.05, 3.63) is 45.9 Å². The summed E-state index contributed by atoms with van der Waals surface area (Å²) in [6.45, 7) is 6.65. The van der Waals surface area contributed by atoms with Gasteiger partial charge in [0.05, 0.1) is 25.3 Å². The van der Waals surface area contributed by atoms with E-state index in [9.17, 15) is 4.79 Å². The number of hydrogen-bond acceptors (Lipinski definition) is 5. The maximum atomic E-state index is 12.2. The Morgan fingerprint density at radius 1 is 1.38 bits per heavy atom. The van der Waals surface area contributed by atoms with Crippen molar-refractivity contribution in [2.45, 2.75) is 38.6 Å². The molecule has 5 nitrogen and oxygen atoms in total. The number of thiazole rings is 1. The van der Waals surface area contributed by atoms with Crippen molar-refractivity contribution >= 4 is 17.2 Å². The third-order valence-electron chi connectivity index (χ3n) is 3.90. The molecule has 3 N–H and O–H groups in total. The Balaban J connectivity index is 1.91. The van der Waals surface area contributed by atoms with Crippen molar-refractivity contribution in [1.29, 1.82) is 0 Å². The molecule has 1 heterocycles. The number of aromatic nitrogens is 1. The van der Waals surface area contributed by atoms with E-state index < -0.39 is 0 Å². The highest BCUT2D eigenvalue weighted by Gasteiger charge is 2.21. The van der Waals surface area contributed by atoms with E-state index in [1.165, 1.54) is 11.3 Å². The third-order valence-corrected chi connectivity index (χ3v) is 4.99. The van der Waals surface area contributed by atoms with E-state index in [1.54, 1.807) is 7.11 Å². The highest BCUT2D eigenvalue weighted by Crippen LogP contribution is 2.24. The first-order valence-electron chi connectivity index (χ1n) is 7.93. The van der Waals surface area contributed by atoms with Gasteiger partial charge in [0.1, 0.15) is 10.8 Å². The molecule has 0 radical (unpaired) electrons. The topological polar surface area (TPSA) is 77.2 Å². The van der Waals surface area contributed by atoms with Crippen molar-refractivity contribution in [1.82, 2.24) is 10.3 Å². The molecular weight excluding hydrogens is 322 g/mol. The number of hydrogen-bond donors (Lipinski definition) is 2. The number of carbonyl (C=O) groups excluding carboxylic acids is 1. The smallest absolute Gasteiger partial charge is 0.226 e. The number of nitrogens with one attached hydrogen (secondary N) is 1. The summed E-state index contributed by atoms with van der Waals surface area (Å²) in [5, 5.41) is 5.75. The van der Waals surface area contributed by atoms with Gasteiger partial charge in [0.15, 0.2) is 0 Å². The molecule has 0 bridgehead atoms. The van der Waals surface area contributed by atoms with Crippen molar-refractivity contribution < 1.29 is 9.53 Å². The number of nitrogens with zero attached hydrogens (tertiary/aromatic N) is 1. The first kappa shape index (κ1) is 18.4. The maximum absolute atomic E-state index is 12.2. The average Bonchev–Trinajstić information content (AvgIpc) is 3.02. The van der Waals surface area contributed by atoms with E-state index in [0.29, 0.717) is 6.54 Å². The molecular formula is C18H25N3O2S. The van der Waals surface area contributed by atoms with E-state index in [2.05, 4.69) is 24.1 Å². The van der Waals surface area contributed by atoms with Gasteiger partial charge in [-0.05, 0) is 24.6 Å². The Labute approximate surface area is 147 Å². The quantitative estimate of drug-likeness (QED) is 0.807. The molecule has 24 heavy (non-hydrogen) atoms. The summed E-state index contributed by atoms with van der Waals surface area (Å²) in [5.74, 6) is 0.796. The van der Waals surface area contributed by atoms with Crippen LogP contribution in [0.3, 0.4) is 0 Å². The number of nitrogens with two attached hydrogens (primary N) is 1. The average molecular weight is 347 g/mol. The summed E-state index contributed by atoms with van der Waals surface area (Å²) in [5.41, 5.74) is 7.55. The second-order valence-electron chi connectivity index (χ2n) is 6.53. The molecule has 0 aliphatic carbocycles. The van der Waals surface area contributed by atoms with Crippen LogP contribution in [0.1, 0.15) is 43.1 Å². The fourth-order valence-corrected chi connectivity index (χ4v) is 3.08. The van der Waals surface area contributed by atoms with Crippen LogP contribution in [-0.4, -0.2) is 24.5 Å². The standard InChI is InChI=1S/C18H25N3O2S/c1-12(19)17-21-14(10-24-17)9-16(22)20-11-18(2,3)13-5-7-15(23-4)8-6-13/h5-8,10,12H,9,11,19H2,1-4H3,(H,20,22). The van der Waals surface area contributed by atoms with Gasteiger partial charge in [-0.1, -0.05) is 26.0 Å². The summed E-state index contributed by atoms with van der Waals surface area (Å²) in [4.78, 5) is 16.6. The molecule has 1 unspecified atom stereocenters. The minimum atomic E-state index is -0.166. The lowest BCUT2D eigenvalue weighted by Gasteiger charge is -2.25. The van der Waals surface area contributed by atoms with Gasteiger partial charge >= 0.3 is 0 Å². The molecule has 1 aromatic carbocycles. The molecule has 0 aliphatic heterocycles.